The predicted molar refractivity (Wildman–Crippen MR) is 61.1 cm³/mol. The van der Waals surface area contributed by atoms with Crippen LogP contribution in [0.4, 0.5) is 0 Å². The van der Waals surface area contributed by atoms with Crippen molar-refractivity contribution < 1.29 is 8.42 Å². The molecule has 15 heavy (non-hydrogen) atoms. The van der Waals surface area contributed by atoms with Crippen molar-refractivity contribution >= 4 is 10.0 Å². The van der Waals surface area contributed by atoms with Gasteiger partial charge in [0, 0.05) is 26.2 Å². The normalized spacial score (nSPS) is 23.7. The summed E-state index contributed by atoms with van der Waals surface area (Å²) >= 11 is 0. The van der Waals surface area contributed by atoms with E-state index in [1.165, 1.54) is 0 Å². The van der Waals surface area contributed by atoms with Crippen molar-refractivity contribution in [1.29, 1.82) is 0 Å². The van der Waals surface area contributed by atoms with Crippen molar-refractivity contribution in [2.45, 2.75) is 18.6 Å². The van der Waals surface area contributed by atoms with Gasteiger partial charge in [-0.25, -0.2) is 12.7 Å². The van der Waals surface area contributed by atoms with Crippen LogP contribution in [-0.4, -0.2) is 62.6 Å². The van der Waals surface area contributed by atoms with E-state index in [0.29, 0.717) is 13.1 Å². The molecule has 0 aromatic rings. The molecule has 1 rings (SSSR count). The molecule has 1 aliphatic heterocycles. The molecule has 1 aliphatic rings. The third-order valence-electron chi connectivity index (χ3n) is 2.88. The van der Waals surface area contributed by atoms with E-state index in [1.807, 2.05) is 7.05 Å². The topological polar surface area (TPSA) is 66.6 Å². The summed E-state index contributed by atoms with van der Waals surface area (Å²) in [5, 5.41) is -0.471. The fourth-order valence-corrected chi connectivity index (χ4v) is 3.13. The van der Waals surface area contributed by atoms with Crippen molar-refractivity contribution in [3.8, 4) is 0 Å². The Bertz CT molecular complexity index is 292. The van der Waals surface area contributed by atoms with Gasteiger partial charge in [-0.15, -0.1) is 0 Å². The molecule has 0 radical (unpaired) electrons. The molecule has 0 spiro atoms. The van der Waals surface area contributed by atoms with Crippen LogP contribution in [0.2, 0.25) is 0 Å². The lowest BCUT2D eigenvalue weighted by molar-refractivity contribution is 0.346. The lowest BCUT2D eigenvalue weighted by atomic mass is 10.4. The largest absolute Gasteiger partial charge is 0.329 e. The van der Waals surface area contributed by atoms with E-state index in [2.05, 4.69) is 4.90 Å². The standard InChI is InChI=1S/C9H21N3O2S/c1-9(8-10)15(13,14)12-5-3-4-11(2)6-7-12/h9H,3-8,10H2,1-2H3. The zero-order valence-corrected chi connectivity index (χ0v) is 10.3. The van der Waals surface area contributed by atoms with Gasteiger partial charge in [-0.05, 0) is 26.9 Å². The van der Waals surface area contributed by atoms with Gasteiger partial charge < -0.3 is 10.6 Å². The summed E-state index contributed by atoms with van der Waals surface area (Å²) in [6.45, 7) is 4.83. The maximum Gasteiger partial charge on any atom is 0.217 e. The van der Waals surface area contributed by atoms with E-state index in [-0.39, 0.29) is 6.54 Å². The molecule has 1 fully saturated rings. The molecule has 0 bridgehead atoms. The Balaban J connectivity index is 2.70. The molecule has 1 saturated heterocycles. The fourth-order valence-electron chi connectivity index (χ4n) is 1.65. The first-order chi connectivity index (χ1) is 6.98. The van der Waals surface area contributed by atoms with E-state index >= 15 is 0 Å². The molecular formula is C9H21N3O2S. The number of hydrogen-bond acceptors (Lipinski definition) is 4. The first-order valence-electron chi connectivity index (χ1n) is 5.36. The Labute approximate surface area is 92.3 Å². The maximum atomic E-state index is 12.0. The Morgan fingerprint density at radius 1 is 1.27 bits per heavy atom. The average molecular weight is 235 g/mol. The number of nitrogens with two attached hydrogens (primary N) is 1. The summed E-state index contributed by atoms with van der Waals surface area (Å²) in [4.78, 5) is 2.16. The highest BCUT2D eigenvalue weighted by atomic mass is 32.2. The summed E-state index contributed by atoms with van der Waals surface area (Å²) in [7, 11) is -1.16. The highest BCUT2D eigenvalue weighted by Crippen LogP contribution is 2.11. The molecule has 6 heteroatoms. The van der Waals surface area contributed by atoms with Crippen molar-refractivity contribution in [3.05, 3.63) is 0 Å². The summed E-state index contributed by atoms with van der Waals surface area (Å²) < 4.78 is 25.6. The Morgan fingerprint density at radius 3 is 2.53 bits per heavy atom. The molecule has 0 amide bonds. The van der Waals surface area contributed by atoms with E-state index in [1.54, 1.807) is 11.2 Å². The molecule has 0 aliphatic carbocycles. The second-order valence-corrected chi connectivity index (χ2v) is 6.50. The molecule has 1 atom stereocenters. The number of sulfonamides is 1. The van der Waals surface area contributed by atoms with Gasteiger partial charge >= 0.3 is 0 Å². The highest BCUT2D eigenvalue weighted by molar-refractivity contribution is 7.89. The molecule has 90 valence electrons. The number of nitrogens with zero attached hydrogens (tertiary/aromatic N) is 2. The van der Waals surface area contributed by atoms with Crippen LogP contribution in [-0.2, 0) is 10.0 Å². The van der Waals surface area contributed by atoms with Crippen LogP contribution >= 0.6 is 0 Å². The van der Waals surface area contributed by atoms with Gasteiger partial charge in [-0.3, -0.25) is 0 Å². The van der Waals surface area contributed by atoms with Gasteiger partial charge in [0.25, 0.3) is 0 Å². The van der Waals surface area contributed by atoms with Crippen LogP contribution in [0.15, 0.2) is 0 Å². The Morgan fingerprint density at radius 2 is 1.93 bits per heavy atom. The Kier molecular flexibility index (Phi) is 4.51. The van der Waals surface area contributed by atoms with E-state index in [4.69, 9.17) is 5.73 Å². The quantitative estimate of drug-likeness (QED) is 0.702. The van der Waals surface area contributed by atoms with E-state index in [9.17, 15) is 8.42 Å². The van der Waals surface area contributed by atoms with Gasteiger partial charge in [-0.1, -0.05) is 0 Å². The second kappa shape index (κ2) is 5.25. The van der Waals surface area contributed by atoms with Crippen molar-refractivity contribution in [2.75, 3.05) is 39.8 Å². The average Bonchev–Trinajstić information content (AvgIpc) is 2.41. The Hall–Kier alpha value is -0.170. The van der Waals surface area contributed by atoms with Crippen LogP contribution in [0.3, 0.4) is 0 Å². The van der Waals surface area contributed by atoms with Crippen LogP contribution in [0.5, 0.6) is 0 Å². The number of likely N-dealkylation sites (N-methyl/N-ethyl adjacent to an activating group) is 1. The summed E-state index contributed by atoms with van der Waals surface area (Å²) in [5.74, 6) is 0. The summed E-state index contributed by atoms with van der Waals surface area (Å²) in [6, 6.07) is 0. The molecule has 1 unspecified atom stereocenters. The summed E-state index contributed by atoms with van der Waals surface area (Å²) in [6.07, 6.45) is 0.896. The number of hydrogen-bond donors (Lipinski definition) is 1. The third kappa shape index (κ3) is 3.14. The molecule has 0 saturated carbocycles. The van der Waals surface area contributed by atoms with E-state index in [0.717, 1.165) is 19.5 Å². The second-order valence-electron chi connectivity index (χ2n) is 4.15. The van der Waals surface area contributed by atoms with Crippen LogP contribution in [0, 0.1) is 0 Å². The molecule has 0 aromatic heterocycles. The fraction of sp³-hybridized carbons (Fsp3) is 1.00. The number of rotatable bonds is 3. The van der Waals surface area contributed by atoms with Crippen molar-refractivity contribution in [2.24, 2.45) is 5.73 Å². The van der Waals surface area contributed by atoms with Gasteiger partial charge in [0.1, 0.15) is 0 Å². The summed E-state index contributed by atoms with van der Waals surface area (Å²) in [5.41, 5.74) is 5.41. The van der Waals surface area contributed by atoms with Crippen LogP contribution < -0.4 is 5.73 Å². The predicted octanol–water partition coefficient (Wildman–Crippen LogP) is -0.699. The van der Waals surface area contributed by atoms with Crippen molar-refractivity contribution in [3.63, 3.8) is 0 Å². The minimum absolute atomic E-state index is 0.189. The third-order valence-corrected chi connectivity index (χ3v) is 5.17. The molecule has 1 heterocycles. The minimum Gasteiger partial charge on any atom is -0.329 e. The smallest absolute Gasteiger partial charge is 0.217 e. The SMILES string of the molecule is CC(CN)S(=O)(=O)N1CCCN(C)CC1. The van der Waals surface area contributed by atoms with Gasteiger partial charge in [0.2, 0.25) is 10.0 Å². The zero-order chi connectivity index (χ0) is 11.5. The molecule has 5 nitrogen and oxygen atoms in total. The minimum atomic E-state index is -3.18. The lowest BCUT2D eigenvalue weighted by Crippen LogP contribution is -2.42. The lowest BCUT2D eigenvalue weighted by Gasteiger charge is -2.23. The zero-order valence-electron chi connectivity index (χ0n) is 9.52. The molecule has 0 aromatic carbocycles. The van der Waals surface area contributed by atoms with Gasteiger partial charge in [-0.2, -0.15) is 0 Å². The van der Waals surface area contributed by atoms with Crippen LogP contribution in [0.25, 0.3) is 0 Å². The first-order valence-corrected chi connectivity index (χ1v) is 6.86. The van der Waals surface area contributed by atoms with Gasteiger partial charge in [0.05, 0.1) is 5.25 Å². The monoisotopic (exact) mass is 235 g/mol. The van der Waals surface area contributed by atoms with E-state index < -0.39 is 15.3 Å². The first kappa shape index (κ1) is 12.9. The highest BCUT2D eigenvalue weighted by Gasteiger charge is 2.28. The van der Waals surface area contributed by atoms with Crippen LogP contribution in [0.1, 0.15) is 13.3 Å². The van der Waals surface area contributed by atoms with Gasteiger partial charge in [0.15, 0.2) is 0 Å². The maximum absolute atomic E-state index is 12.0. The molecular weight excluding hydrogens is 214 g/mol. The van der Waals surface area contributed by atoms with Crippen molar-refractivity contribution in [1.82, 2.24) is 9.21 Å². The molecule has 2 N–H and O–H groups in total.